The lowest BCUT2D eigenvalue weighted by molar-refractivity contribution is 0.0952. The molecule has 2 rings (SSSR count). The molecule has 0 radical (unpaired) electrons. The lowest BCUT2D eigenvalue weighted by atomic mass is 10.2. The number of benzene rings is 2. The zero-order valence-electron chi connectivity index (χ0n) is 11.3. The van der Waals surface area contributed by atoms with Gasteiger partial charge in [-0.15, -0.1) is 0 Å². The van der Waals surface area contributed by atoms with E-state index in [2.05, 4.69) is 10.5 Å². The summed E-state index contributed by atoms with van der Waals surface area (Å²) in [6.45, 7) is 0. The molecule has 0 bridgehead atoms. The molecule has 21 heavy (non-hydrogen) atoms. The van der Waals surface area contributed by atoms with Crippen molar-refractivity contribution in [2.45, 2.75) is 0 Å². The van der Waals surface area contributed by atoms with Crippen LogP contribution >= 0.6 is 0 Å². The minimum Gasteiger partial charge on any atom is -0.507 e. The number of nitrogens with zero attached hydrogens (tertiary/aromatic N) is 1. The van der Waals surface area contributed by atoms with E-state index in [4.69, 9.17) is 4.74 Å². The average molecular weight is 286 g/mol. The number of carbonyl (C=O) groups is 1. The van der Waals surface area contributed by atoms with E-state index in [0.717, 1.165) is 0 Å². The SMILES string of the molecule is COc1ccc(C=NNC(=O)c2ccccc2O)c(O)c1. The Hall–Kier alpha value is -3.02. The molecule has 0 heterocycles. The second kappa shape index (κ2) is 6.42. The summed E-state index contributed by atoms with van der Waals surface area (Å²) >= 11 is 0. The molecule has 1 amide bonds. The monoisotopic (exact) mass is 286 g/mol. The normalized spacial score (nSPS) is 10.5. The maximum Gasteiger partial charge on any atom is 0.275 e. The molecule has 0 atom stereocenters. The van der Waals surface area contributed by atoms with Crippen molar-refractivity contribution in [1.29, 1.82) is 0 Å². The number of amides is 1. The fraction of sp³-hybridized carbons (Fsp3) is 0.0667. The summed E-state index contributed by atoms with van der Waals surface area (Å²) in [5.41, 5.74) is 2.82. The topological polar surface area (TPSA) is 91.2 Å². The van der Waals surface area contributed by atoms with Crippen LogP contribution in [-0.4, -0.2) is 29.4 Å². The molecule has 108 valence electrons. The fourth-order valence-electron chi connectivity index (χ4n) is 1.65. The predicted molar refractivity (Wildman–Crippen MR) is 77.8 cm³/mol. The summed E-state index contributed by atoms with van der Waals surface area (Å²) in [6, 6.07) is 10.8. The van der Waals surface area contributed by atoms with Gasteiger partial charge in [0.25, 0.3) is 5.91 Å². The Morgan fingerprint density at radius 3 is 2.62 bits per heavy atom. The number of phenols is 2. The molecule has 0 aliphatic heterocycles. The van der Waals surface area contributed by atoms with Gasteiger partial charge in [-0.05, 0) is 24.3 Å². The highest BCUT2D eigenvalue weighted by Crippen LogP contribution is 2.21. The van der Waals surface area contributed by atoms with Crippen molar-refractivity contribution in [1.82, 2.24) is 5.43 Å². The molecule has 2 aromatic rings. The first-order chi connectivity index (χ1) is 10.1. The van der Waals surface area contributed by atoms with Crippen LogP contribution in [0.15, 0.2) is 47.6 Å². The van der Waals surface area contributed by atoms with E-state index in [1.165, 1.54) is 31.5 Å². The summed E-state index contributed by atoms with van der Waals surface area (Å²) in [5, 5.41) is 23.0. The second-order valence-electron chi connectivity index (χ2n) is 4.14. The van der Waals surface area contributed by atoms with Crippen molar-refractivity contribution < 1.29 is 19.7 Å². The minimum absolute atomic E-state index is 0.0186. The molecule has 0 saturated carbocycles. The van der Waals surface area contributed by atoms with Crippen LogP contribution in [0.2, 0.25) is 0 Å². The van der Waals surface area contributed by atoms with Crippen molar-refractivity contribution in [2.24, 2.45) is 5.10 Å². The first kappa shape index (κ1) is 14.4. The minimum atomic E-state index is -0.544. The lowest BCUT2D eigenvalue weighted by Gasteiger charge is -2.04. The van der Waals surface area contributed by atoms with E-state index in [9.17, 15) is 15.0 Å². The van der Waals surface area contributed by atoms with E-state index in [-0.39, 0.29) is 17.1 Å². The number of hydrazone groups is 1. The van der Waals surface area contributed by atoms with Crippen LogP contribution in [0.25, 0.3) is 0 Å². The number of rotatable bonds is 4. The lowest BCUT2D eigenvalue weighted by Crippen LogP contribution is -2.17. The van der Waals surface area contributed by atoms with E-state index in [0.29, 0.717) is 11.3 Å². The number of para-hydroxylation sites is 1. The number of hydrogen-bond acceptors (Lipinski definition) is 5. The number of aromatic hydroxyl groups is 2. The molecule has 0 fully saturated rings. The van der Waals surface area contributed by atoms with Crippen LogP contribution in [0.1, 0.15) is 15.9 Å². The number of carbonyl (C=O) groups excluding carboxylic acids is 1. The fourth-order valence-corrected chi connectivity index (χ4v) is 1.65. The third-order valence-corrected chi connectivity index (χ3v) is 2.76. The maximum atomic E-state index is 11.8. The van der Waals surface area contributed by atoms with Gasteiger partial charge in [0.1, 0.15) is 17.2 Å². The van der Waals surface area contributed by atoms with E-state index >= 15 is 0 Å². The molecule has 0 unspecified atom stereocenters. The van der Waals surface area contributed by atoms with Crippen LogP contribution in [-0.2, 0) is 0 Å². The number of hydrogen-bond donors (Lipinski definition) is 3. The molecule has 6 heteroatoms. The summed E-state index contributed by atoms with van der Waals surface area (Å²) < 4.78 is 4.96. The first-order valence-electron chi connectivity index (χ1n) is 6.10. The third kappa shape index (κ3) is 3.50. The predicted octanol–water partition coefficient (Wildman–Crippen LogP) is 1.87. The first-order valence-corrected chi connectivity index (χ1v) is 6.10. The molecule has 0 spiro atoms. The highest BCUT2D eigenvalue weighted by molar-refractivity contribution is 5.97. The molecule has 6 nitrogen and oxygen atoms in total. The van der Waals surface area contributed by atoms with Crippen LogP contribution in [0.5, 0.6) is 17.2 Å². The zero-order chi connectivity index (χ0) is 15.2. The highest BCUT2D eigenvalue weighted by atomic mass is 16.5. The number of methoxy groups -OCH3 is 1. The van der Waals surface area contributed by atoms with Crippen molar-refractivity contribution in [3.63, 3.8) is 0 Å². The van der Waals surface area contributed by atoms with Gasteiger partial charge >= 0.3 is 0 Å². The Bertz CT molecular complexity index is 683. The van der Waals surface area contributed by atoms with Gasteiger partial charge in [0, 0.05) is 11.6 Å². The standard InChI is InChI=1S/C15H14N2O4/c1-21-11-7-6-10(14(19)8-11)9-16-17-15(20)12-4-2-3-5-13(12)18/h2-9,18-19H,1H3,(H,17,20). The quantitative estimate of drug-likeness (QED) is 0.591. The van der Waals surface area contributed by atoms with E-state index in [1.54, 1.807) is 24.3 Å². The Balaban J connectivity index is 2.06. The number of ether oxygens (including phenoxy) is 1. The Morgan fingerprint density at radius 2 is 1.95 bits per heavy atom. The summed E-state index contributed by atoms with van der Waals surface area (Å²) in [5.74, 6) is -0.173. The van der Waals surface area contributed by atoms with Gasteiger partial charge in [0.05, 0.1) is 18.9 Å². The van der Waals surface area contributed by atoms with Crippen molar-refractivity contribution in [3.8, 4) is 17.2 Å². The van der Waals surface area contributed by atoms with Crippen LogP contribution < -0.4 is 10.2 Å². The summed E-state index contributed by atoms with van der Waals surface area (Å²) in [7, 11) is 1.50. The Morgan fingerprint density at radius 1 is 1.19 bits per heavy atom. The molecule has 0 aromatic heterocycles. The maximum absolute atomic E-state index is 11.8. The van der Waals surface area contributed by atoms with Gasteiger partial charge in [-0.3, -0.25) is 4.79 Å². The Labute approximate surface area is 121 Å². The van der Waals surface area contributed by atoms with Crippen molar-refractivity contribution >= 4 is 12.1 Å². The third-order valence-electron chi connectivity index (χ3n) is 2.76. The summed E-state index contributed by atoms with van der Waals surface area (Å²) in [4.78, 5) is 11.8. The number of phenolic OH excluding ortho intramolecular Hbond substituents is 2. The zero-order valence-corrected chi connectivity index (χ0v) is 11.3. The molecular formula is C15H14N2O4. The van der Waals surface area contributed by atoms with Crippen LogP contribution in [0.4, 0.5) is 0 Å². The molecule has 2 aromatic carbocycles. The molecular weight excluding hydrogens is 272 g/mol. The van der Waals surface area contributed by atoms with Crippen molar-refractivity contribution in [2.75, 3.05) is 7.11 Å². The summed E-state index contributed by atoms with van der Waals surface area (Å²) in [6.07, 6.45) is 1.30. The molecule has 0 aliphatic rings. The van der Waals surface area contributed by atoms with Crippen LogP contribution in [0.3, 0.4) is 0 Å². The highest BCUT2D eigenvalue weighted by Gasteiger charge is 2.08. The largest absolute Gasteiger partial charge is 0.507 e. The van der Waals surface area contributed by atoms with Crippen LogP contribution in [0, 0.1) is 0 Å². The molecule has 0 saturated heterocycles. The molecule has 3 N–H and O–H groups in total. The van der Waals surface area contributed by atoms with E-state index < -0.39 is 5.91 Å². The van der Waals surface area contributed by atoms with Gasteiger partial charge in [-0.1, -0.05) is 12.1 Å². The number of nitrogens with one attached hydrogen (secondary N) is 1. The van der Waals surface area contributed by atoms with Gasteiger partial charge in [0.15, 0.2) is 0 Å². The average Bonchev–Trinajstić information content (AvgIpc) is 2.49. The van der Waals surface area contributed by atoms with Crippen molar-refractivity contribution in [3.05, 3.63) is 53.6 Å². The van der Waals surface area contributed by atoms with Gasteiger partial charge < -0.3 is 14.9 Å². The molecule has 0 aliphatic carbocycles. The Kier molecular flexibility index (Phi) is 4.40. The second-order valence-corrected chi connectivity index (χ2v) is 4.14. The van der Waals surface area contributed by atoms with E-state index in [1.807, 2.05) is 0 Å². The smallest absolute Gasteiger partial charge is 0.275 e. The van der Waals surface area contributed by atoms with Gasteiger partial charge in [-0.2, -0.15) is 5.10 Å². The van der Waals surface area contributed by atoms with Gasteiger partial charge in [0.2, 0.25) is 0 Å². The van der Waals surface area contributed by atoms with Gasteiger partial charge in [-0.25, -0.2) is 5.43 Å².